The second-order valence-corrected chi connectivity index (χ2v) is 29.3. The van der Waals surface area contributed by atoms with E-state index in [1.54, 1.807) is 0 Å². The average Bonchev–Trinajstić information content (AvgIpc) is 1.73. The molecule has 4 heteroatoms. The predicted molar refractivity (Wildman–Crippen MR) is 351 cm³/mol. The van der Waals surface area contributed by atoms with E-state index in [0.717, 1.165) is 25.7 Å². The fourth-order valence-corrected chi connectivity index (χ4v) is 15.6. The number of aryl methyl sites for hydroxylation is 2. The van der Waals surface area contributed by atoms with Gasteiger partial charge in [-0.1, -0.05) is 204 Å². The summed E-state index contributed by atoms with van der Waals surface area (Å²) in [6, 6.07) is 71.8. The number of fused-ring (bicyclic) bond motifs is 10. The van der Waals surface area contributed by atoms with Crippen molar-refractivity contribution in [3.8, 4) is 22.3 Å². The first-order valence-corrected chi connectivity index (χ1v) is 30.4. The molecule has 0 bridgehead atoms. The van der Waals surface area contributed by atoms with Gasteiger partial charge < -0.3 is 14.7 Å². The smallest absolute Gasteiger partial charge is 0.252 e. The van der Waals surface area contributed by atoms with E-state index in [9.17, 15) is 0 Å². The number of rotatable bonds is 5. The van der Waals surface area contributed by atoms with Gasteiger partial charge in [-0.3, -0.25) is 0 Å². The Labute approximate surface area is 490 Å². The monoisotopic (exact) mass is 1070 g/mol. The van der Waals surface area contributed by atoms with E-state index < -0.39 is 0 Å². The number of nitrogens with zero attached hydrogens (tertiary/aromatic N) is 3. The Hall–Kier alpha value is -7.56. The van der Waals surface area contributed by atoms with Crippen LogP contribution in [0.3, 0.4) is 0 Å². The highest BCUT2D eigenvalue weighted by Gasteiger charge is 2.60. The maximum absolute atomic E-state index is 2.78. The van der Waals surface area contributed by atoms with Gasteiger partial charge >= 0.3 is 0 Å². The molecule has 5 aliphatic rings. The van der Waals surface area contributed by atoms with Crippen molar-refractivity contribution in [3.63, 3.8) is 0 Å². The average molecular weight is 1070 g/mol. The van der Waals surface area contributed by atoms with E-state index in [1.807, 2.05) is 0 Å². The van der Waals surface area contributed by atoms with Gasteiger partial charge in [0, 0.05) is 50.7 Å². The van der Waals surface area contributed by atoms with Crippen LogP contribution in [0.4, 0.5) is 45.5 Å². The number of hydrogen-bond acceptors (Lipinski definition) is 3. The van der Waals surface area contributed by atoms with E-state index in [-0.39, 0.29) is 39.3 Å². The molecule has 9 aromatic carbocycles. The lowest BCUT2D eigenvalue weighted by atomic mass is 9.33. The normalized spacial score (nSPS) is 19.2. The van der Waals surface area contributed by atoms with Crippen LogP contribution in [0.5, 0.6) is 0 Å². The van der Waals surface area contributed by atoms with Gasteiger partial charge in [0.2, 0.25) is 0 Å². The maximum Gasteiger partial charge on any atom is 0.252 e. The molecular formula is C78H80BN3. The molecule has 9 aromatic rings. The van der Waals surface area contributed by atoms with Crippen LogP contribution >= 0.6 is 0 Å². The Balaban J connectivity index is 1.09. The highest BCUT2D eigenvalue weighted by Crippen LogP contribution is 2.64. The van der Waals surface area contributed by atoms with Crippen LogP contribution in [0.2, 0.25) is 0 Å². The Kier molecular flexibility index (Phi) is 11.5. The standard InChI is InChI=1S/C78H80BN3/c1-49-39-70-72-71(40-49)81(66-35-30-56(74(5,6)7)44-60(66)51-25-19-16-20-26-51)69-46-58(82-67-36-31-57(75(8,9)10)45-62(67)77(13)38-37-52-27-21-22-28-61(52)78(77,82)14)32-33-63(69)79(72)64-41-53-47-76(11,12)48-54(53)42-68(64)80(70)65-34-29-55(73(2,3)4)43-59(65)50-23-17-15-18-24-50/h15-36,39-46H,37-38,47-48H2,1-14H3. The zero-order valence-electron chi connectivity index (χ0n) is 51.1. The molecule has 3 heterocycles. The molecule has 3 nitrogen and oxygen atoms in total. The molecule has 410 valence electrons. The molecule has 14 rings (SSSR count). The van der Waals surface area contributed by atoms with Gasteiger partial charge in [0.05, 0.1) is 16.9 Å². The van der Waals surface area contributed by atoms with Crippen LogP contribution in [0, 0.1) is 12.3 Å². The van der Waals surface area contributed by atoms with Gasteiger partial charge in [-0.05, 0) is 199 Å². The Bertz CT molecular complexity index is 4090. The van der Waals surface area contributed by atoms with Gasteiger partial charge in [-0.2, -0.15) is 0 Å². The summed E-state index contributed by atoms with van der Waals surface area (Å²) in [7, 11) is 0. The SMILES string of the molecule is Cc1cc2c3c(c1)N(c1ccc(C(C)(C)C)cc1-c1ccccc1)c1cc4c(cc1B3c1ccc(N3c5ccc(C(C)(C)C)cc5C5(C)CCc6ccccc6C35C)cc1N2c1ccc(C(C)(C)C)cc1-c1ccccc1)CC(C)(C)C4. The summed E-state index contributed by atoms with van der Waals surface area (Å²) < 4.78 is 0. The highest BCUT2D eigenvalue weighted by atomic mass is 15.3. The molecule has 82 heavy (non-hydrogen) atoms. The maximum atomic E-state index is 2.78. The summed E-state index contributed by atoms with van der Waals surface area (Å²) >= 11 is 0. The van der Waals surface area contributed by atoms with Crippen LogP contribution < -0.4 is 31.1 Å². The molecule has 0 aromatic heterocycles. The molecular weight excluding hydrogens is 990 g/mol. The van der Waals surface area contributed by atoms with Crippen molar-refractivity contribution in [1.29, 1.82) is 0 Å². The lowest BCUT2D eigenvalue weighted by Crippen LogP contribution is -2.61. The largest absolute Gasteiger partial charge is 0.330 e. The van der Waals surface area contributed by atoms with E-state index >= 15 is 0 Å². The first-order chi connectivity index (χ1) is 38.9. The van der Waals surface area contributed by atoms with Crippen molar-refractivity contribution in [1.82, 2.24) is 0 Å². The first-order valence-electron chi connectivity index (χ1n) is 30.4. The molecule has 2 aliphatic carbocycles. The van der Waals surface area contributed by atoms with Gasteiger partial charge in [-0.25, -0.2) is 0 Å². The summed E-state index contributed by atoms with van der Waals surface area (Å²) in [5, 5.41) is 0. The third-order valence-electron chi connectivity index (χ3n) is 20.1. The summed E-state index contributed by atoms with van der Waals surface area (Å²) in [4.78, 5) is 8.17. The zero-order chi connectivity index (χ0) is 57.2. The summed E-state index contributed by atoms with van der Waals surface area (Å²) in [6.07, 6.45) is 4.26. The van der Waals surface area contributed by atoms with E-state index in [2.05, 4.69) is 294 Å². The fraction of sp³-hybridized carbons (Fsp3) is 0.308. The second-order valence-electron chi connectivity index (χ2n) is 29.3. The topological polar surface area (TPSA) is 9.72 Å². The van der Waals surface area contributed by atoms with E-state index in [1.165, 1.54) is 134 Å². The van der Waals surface area contributed by atoms with Crippen LogP contribution in [-0.4, -0.2) is 6.71 Å². The Morgan fingerprint density at radius 3 is 1.48 bits per heavy atom. The fourth-order valence-electron chi connectivity index (χ4n) is 15.6. The minimum atomic E-state index is -0.371. The zero-order valence-corrected chi connectivity index (χ0v) is 51.1. The van der Waals surface area contributed by atoms with Gasteiger partial charge in [0.25, 0.3) is 6.71 Å². The second kappa shape index (κ2) is 18.0. The van der Waals surface area contributed by atoms with Crippen molar-refractivity contribution in [3.05, 3.63) is 232 Å². The lowest BCUT2D eigenvalue weighted by molar-refractivity contribution is 0.245. The molecule has 2 unspecified atom stereocenters. The van der Waals surface area contributed by atoms with Gasteiger partial charge in [0.1, 0.15) is 0 Å². The number of anilines is 8. The first kappa shape index (κ1) is 52.5. The minimum Gasteiger partial charge on any atom is -0.330 e. The van der Waals surface area contributed by atoms with E-state index in [0.29, 0.717) is 0 Å². The quantitative estimate of drug-likeness (QED) is 0.159. The summed E-state index contributed by atoms with van der Waals surface area (Å²) in [5.74, 6) is 0. The number of hydrogen-bond donors (Lipinski definition) is 0. The van der Waals surface area contributed by atoms with Crippen LogP contribution in [0.25, 0.3) is 22.3 Å². The third kappa shape index (κ3) is 7.89. The van der Waals surface area contributed by atoms with Crippen LogP contribution in [0.15, 0.2) is 182 Å². The third-order valence-corrected chi connectivity index (χ3v) is 20.1. The Morgan fingerprint density at radius 1 is 0.415 bits per heavy atom. The van der Waals surface area contributed by atoms with Gasteiger partial charge in [-0.15, -0.1) is 0 Å². The molecule has 0 N–H and O–H groups in total. The van der Waals surface area contributed by atoms with Crippen molar-refractivity contribution in [2.45, 2.75) is 150 Å². The molecule has 0 radical (unpaired) electrons. The van der Waals surface area contributed by atoms with Crippen molar-refractivity contribution in [2.24, 2.45) is 5.41 Å². The minimum absolute atomic E-state index is 0.0121. The summed E-state index contributed by atoms with van der Waals surface area (Å²) in [5.41, 5.74) is 31.1. The van der Waals surface area contributed by atoms with Crippen LogP contribution in [-0.2, 0) is 46.5 Å². The summed E-state index contributed by atoms with van der Waals surface area (Å²) in [6.45, 7) is 33.5. The van der Waals surface area contributed by atoms with Gasteiger partial charge in [0.15, 0.2) is 0 Å². The molecule has 0 fully saturated rings. The highest BCUT2D eigenvalue weighted by molar-refractivity contribution is 7.00. The molecule has 0 spiro atoms. The van der Waals surface area contributed by atoms with Crippen LogP contribution in [0.1, 0.15) is 147 Å². The molecule has 0 saturated heterocycles. The molecule has 3 aliphatic heterocycles. The Morgan fingerprint density at radius 2 is 0.915 bits per heavy atom. The molecule has 0 saturated carbocycles. The predicted octanol–water partition coefficient (Wildman–Crippen LogP) is 18.7. The molecule has 0 amide bonds. The number of benzene rings is 9. The van der Waals surface area contributed by atoms with Crippen molar-refractivity contribution >= 4 is 68.6 Å². The van der Waals surface area contributed by atoms with Crippen molar-refractivity contribution in [2.75, 3.05) is 14.7 Å². The lowest BCUT2D eigenvalue weighted by Gasteiger charge is -2.51. The van der Waals surface area contributed by atoms with Crippen molar-refractivity contribution < 1.29 is 0 Å². The van der Waals surface area contributed by atoms with E-state index in [4.69, 9.17) is 0 Å². The molecule has 2 atom stereocenters.